The molecule has 1 saturated heterocycles. The molecule has 2 aromatic rings. The van der Waals surface area contributed by atoms with Crippen LogP contribution in [0.3, 0.4) is 0 Å². The van der Waals surface area contributed by atoms with E-state index in [9.17, 15) is 9.90 Å². The van der Waals surface area contributed by atoms with Gasteiger partial charge in [0.05, 0.1) is 5.69 Å². The number of anilines is 2. The summed E-state index contributed by atoms with van der Waals surface area (Å²) in [6.07, 6.45) is 0.840. The number of piperazine rings is 1. The highest BCUT2D eigenvalue weighted by Crippen LogP contribution is 2.27. The van der Waals surface area contributed by atoms with Crippen molar-refractivity contribution in [2.24, 2.45) is 4.99 Å². The molecule has 0 aromatic heterocycles. The van der Waals surface area contributed by atoms with Gasteiger partial charge in [-0.25, -0.2) is 0 Å². The number of hydrogen-bond donors (Lipinski definition) is 3. The largest absolute Gasteiger partial charge is 0.506 e. The molecule has 160 valence electrons. The van der Waals surface area contributed by atoms with E-state index in [0.717, 1.165) is 56.5 Å². The predicted molar refractivity (Wildman–Crippen MR) is 122 cm³/mol. The van der Waals surface area contributed by atoms with Crippen LogP contribution in [0.25, 0.3) is 0 Å². The van der Waals surface area contributed by atoms with Crippen molar-refractivity contribution in [3.05, 3.63) is 54.1 Å². The van der Waals surface area contributed by atoms with Gasteiger partial charge in [-0.1, -0.05) is 24.3 Å². The van der Waals surface area contributed by atoms with Crippen LogP contribution in [0, 0.1) is 0 Å². The van der Waals surface area contributed by atoms with Crippen LogP contribution in [0.15, 0.2) is 53.5 Å². The molecule has 0 saturated carbocycles. The number of rotatable bonds is 6. The number of phenols is 1. The van der Waals surface area contributed by atoms with Gasteiger partial charge in [-0.3, -0.25) is 9.79 Å². The minimum absolute atomic E-state index is 0.0646. The number of amides is 1. The van der Waals surface area contributed by atoms with Crippen molar-refractivity contribution in [1.29, 1.82) is 0 Å². The molecule has 30 heavy (non-hydrogen) atoms. The second kappa shape index (κ2) is 10.5. The second-order valence-corrected chi connectivity index (χ2v) is 7.33. The first kappa shape index (κ1) is 21.5. The Morgan fingerprint density at radius 1 is 1.07 bits per heavy atom. The lowest BCUT2D eigenvalue weighted by molar-refractivity contribution is -0.114. The lowest BCUT2D eigenvalue weighted by Crippen LogP contribution is -2.52. The Morgan fingerprint density at radius 2 is 1.77 bits per heavy atom. The first-order chi connectivity index (χ1) is 14.6. The Bertz CT molecular complexity index is 858. The molecule has 3 N–H and O–H groups in total. The number of aliphatic imine (C=N–C) groups is 1. The SMILES string of the molecule is CCNC(=NCCc1ccc(NC(C)=O)cc1)N1CCN(c2ccccc2O)CC1. The fourth-order valence-electron chi connectivity index (χ4n) is 3.57. The van der Waals surface area contributed by atoms with Crippen molar-refractivity contribution in [1.82, 2.24) is 10.2 Å². The molecule has 0 radical (unpaired) electrons. The van der Waals surface area contributed by atoms with E-state index in [2.05, 4.69) is 27.4 Å². The molecule has 3 rings (SSSR count). The van der Waals surface area contributed by atoms with Crippen molar-refractivity contribution in [2.45, 2.75) is 20.3 Å². The molecule has 2 aromatic carbocycles. The van der Waals surface area contributed by atoms with Crippen LogP contribution in [-0.2, 0) is 11.2 Å². The third-order valence-corrected chi connectivity index (χ3v) is 5.07. The molecule has 7 nitrogen and oxygen atoms in total. The van der Waals surface area contributed by atoms with E-state index in [-0.39, 0.29) is 5.91 Å². The van der Waals surface area contributed by atoms with Crippen LogP contribution in [0.2, 0.25) is 0 Å². The van der Waals surface area contributed by atoms with Gasteiger partial charge in [-0.05, 0) is 43.2 Å². The number of phenolic OH excluding ortho intramolecular Hbond substituents is 1. The maximum Gasteiger partial charge on any atom is 0.221 e. The van der Waals surface area contributed by atoms with Crippen LogP contribution < -0.4 is 15.5 Å². The zero-order valence-corrected chi connectivity index (χ0v) is 17.8. The van der Waals surface area contributed by atoms with Crippen LogP contribution >= 0.6 is 0 Å². The lowest BCUT2D eigenvalue weighted by Gasteiger charge is -2.37. The van der Waals surface area contributed by atoms with Gasteiger partial charge in [0.1, 0.15) is 5.75 Å². The maximum absolute atomic E-state index is 11.1. The first-order valence-electron chi connectivity index (χ1n) is 10.5. The van der Waals surface area contributed by atoms with Gasteiger partial charge in [-0.2, -0.15) is 0 Å². The summed E-state index contributed by atoms with van der Waals surface area (Å²) in [5.41, 5.74) is 2.89. The molecule has 1 aliphatic rings. The average molecular weight is 410 g/mol. The number of para-hydroxylation sites is 2. The molecule has 0 atom stereocenters. The minimum Gasteiger partial charge on any atom is -0.506 e. The third-order valence-electron chi connectivity index (χ3n) is 5.07. The number of guanidine groups is 1. The summed E-state index contributed by atoms with van der Waals surface area (Å²) in [7, 11) is 0. The van der Waals surface area contributed by atoms with Crippen LogP contribution in [0.5, 0.6) is 5.75 Å². The molecule has 1 heterocycles. The molecular formula is C23H31N5O2. The molecule has 0 spiro atoms. The fourth-order valence-corrected chi connectivity index (χ4v) is 3.57. The molecule has 0 bridgehead atoms. The van der Waals surface area contributed by atoms with E-state index >= 15 is 0 Å². The number of nitrogens with one attached hydrogen (secondary N) is 2. The van der Waals surface area contributed by atoms with Gasteiger partial charge in [0.2, 0.25) is 5.91 Å². The quantitative estimate of drug-likeness (QED) is 0.505. The highest BCUT2D eigenvalue weighted by molar-refractivity contribution is 5.88. The summed E-state index contributed by atoms with van der Waals surface area (Å²) < 4.78 is 0. The number of benzene rings is 2. The lowest BCUT2D eigenvalue weighted by atomic mass is 10.1. The van der Waals surface area contributed by atoms with E-state index in [4.69, 9.17) is 4.99 Å². The van der Waals surface area contributed by atoms with E-state index in [1.807, 2.05) is 42.5 Å². The van der Waals surface area contributed by atoms with Gasteiger partial charge in [0.25, 0.3) is 0 Å². The van der Waals surface area contributed by atoms with Crippen molar-refractivity contribution >= 4 is 23.2 Å². The van der Waals surface area contributed by atoms with Gasteiger partial charge in [-0.15, -0.1) is 0 Å². The number of carbonyl (C=O) groups is 1. The first-order valence-corrected chi connectivity index (χ1v) is 10.5. The molecule has 1 aliphatic heterocycles. The Labute approximate surface area is 178 Å². The van der Waals surface area contributed by atoms with Gasteiger partial charge >= 0.3 is 0 Å². The Hall–Kier alpha value is -3.22. The maximum atomic E-state index is 11.1. The van der Waals surface area contributed by atoms with E-state index in [0.29, 0.717) is 12.3 Å². The van der Waals surface area contributed by atoms with Crippen LogP contribution in [-0.4, -0.2) is 61.1 Å². The Morgan fingerprint density at radius 3 is 2.40 bits per heavy atom. The zero-order valence-electron chi connectivity index (χ0n) is 17.8. The third kappa shape index (κ3) is 5.89. The summed E-state index contributed by atoms with van der Waals surface area (Å²) >= 11 is 0. The highest BCUT2D eigenvalue weighted by Gasteiger charge is 2.21. The van der Waals surface area contributed by atoms with Crippen LogP contribution in [0.1, 0.15) is 19.4 Å². The van der Waals surface area contributed by atoms with Crippen molar-refractivity contribution in [2.75, 3.05) is 49.5 Å². The number of hydrogen-bond acceptors (Lipinski definition) is 4. The fraction of sp³-hybridized carbons (Fsp3) is 0.391. The van der Waals surface area contributed by atoms with Gasteiger partial charge in [0, 0.05) is 51.9 Å². The molecule has 1 amide bonds. The predicted octanol–water partition coefficient (Wildman–Crippen LogP) is 2.68. The molecule has 0 aliphatic carbocycles. The molecule has 0 unspecified atom stereocenters. The van der Waals surface area contributed by atoms with E-state index in [1.165, 1.54) is 12.5 Å². The molecule has 1 fully saturated rings. The molecular weight excluding hydrogens is 378 g/mol. The van der Waals surface area contributed by atoms with Gasteiger partial charge < -0.3 is 25.5 Å². The second-order valence-electron chi connectivity index (χ2n) is 7.33. The van der Waals surface area contributed by atoms with Crippen molar-refractivity contribution in [3.8, 4) is 5.75 Å². The standard InChI is InChI=1S/C23H31N5O2/c1-3-24-23(25-13-12-19-8-10-20(11-9-19)26-18(2)29)28-16-14-27(15-17-28)21-6-4-5-7-22(21)30/h4-11,30H,3,12-17H2,1-2H3,(H,24,25)(H,26,29). The zero-order chi connectivity index (χ0) is 21.3. The van der Waals surface area contributed by atoms with E-state index < -0.39 is 0 Å². The summed E-state index contributed by atoms with van der Waals surface area (Å²) in [4.78, 5) is 20.4. The monoisotopic (exact) mass is 409 g/mol. The minimum atomic E-state index is -0.0646. The highest BCUT2D eigenvalue weighted by atomic mass is 16.3. The summed E-state index contributed by atoms with van der Waals surface area (Å²) in [6.45, 7) is 8.49. The average Bonchev–Trinajstić information content (AvgIpc) is 2.74. The topological polar surface area (TPSA) is 80.2 Å². The summed E-state index contributed by atoms with van der Waals surface area (Å²) in [5, 5.41) is 16.3. The van der Waals surface area contributed by atoms with Gasteiger partial charge in [0.15, 0.2) is 5.96 Å². The number of aromatic hydroxyl groups is 1. The number of nitrogens with zero attached hydrogens (tertiary/aromatic N) is 3. The van der Waals surface area contributed by atoms with Crippen molar-refractivity contribution in [3.63, 3.8) is 0 Å². The van der Waals surface area contributed by atoms with Crippen LogP contribution in [0.4, 0.5) is 11.4 Å². The normalized spacial score (nSPS) is 14.5. The Balaban J connectivity index is 1.54. The summed E-state index contributed by atoms with van der Waals surface area (Å²) in [5.74, 6) is 1.20. The Kier molecular flexibility index (Phi) is 7.54. The smallest absolute Gasteiger partial charge is 0.221 e. The summed E-state index contributed by atoms with van der Waals surface area (Å²) in [6, 6.07) is 15.4. The van der Waals surface area contributed by atoms with E-state index in [1.54, 1.807) is 6.07 Å². The number of carbonyl (C=O) groups excluding carboxylic acids is 1. The van der Waals surface area contributed by atoms with Crippen molar-refractivity contribution < 1.29 is 9.90 Å². The molecule has 7 heteroatoms.